The third-order valence-corrected chi connectivity index (χ3v) is 3.37. The zero-order valence-corrected chi connectivity index (χ0v) is 13.9. The van der Waals surface area contributed by atoms with E-state index < -0.39 is 5.91 Å². The molecule has 0 aliphatic heterocycles. The lowest BCUT2D eigenvalue weighted by atomic mass is 10.1. The number of hydrogen-bond acceptors (Lipinski definition) is 4. The zero-order chi connectivity index (χ0) is 17.5. The Morgan fingerprint density at radius 2 is 1.79 bits per heavy atom. The minimum Gasteiger partial charge on any atom is -0.497 e. The first-order chi connectivity index (χ1) is 11.5. The van der Waals surface area contributed by atoms with Crippen LogP contribution in [0.1, 0.15) is 5.56 Å². The van der Waals surface area contributed by atoms with E-state index in [1.54, 1.807) is 49.6 Å². The minimum atomic E-state index is -0.512. The highest BCUT2D eigenvalue weighted by Crippen LogP contribution is 2.23. The molecule has 0 saturated carbocycles. The molecule has 2 aromatic rings. The maximum absolute atomic E-state index is 12.2. The number of rotatable bonds is 5. The zero-order valence-electron chi connectivity index (χ0n) is 13.2. The van der Waals surface area contributed by atoms with E-state index in [0.29, 0.717) is 27.8 Å². The smallest absolute Gasteiger partial charge is 0.266 e. The molecule has 6 heteroatoms. The molecule has 0 spiro atoms. The van der Waals surface area contributed by atoms with Gasteiger partial charge in [0.15, 0.2) is 0 Å². The summed E-state index contributed by atoms with van der Waals surface area (Å²) in [5.41, 5.74) is 1.11. The molecule has 0 radical (unpaired) electrons. The molecule has 5 nitrogen and oxygen atoms in total. The molecule has 0 aromatic heterocycles. The molecule has 2 rings (SSSR count). The Morgan fingerprint density at radius 1 is 1.12 bits per heavy atom. The first kappa shape index (κ1) is 17.4. The molecule has 0 aliphatic rings. The van der Waals surface area contributed by atoms with Gasteiger partial charge in [-0.3, -0.25) is 4.79 Å². The molecule has 122 valence electrons. The Balaban J connectivity index is 2.22. The Bertz CT molecular complexity index is 808. The van der Waals surface area contributed by atoms with Crippen LogP contribution < -0.4 is 14.8 Å². The van der Waals surface area contributed by atoms with Crippen LogP contribution in [0, 0.1) is 11.3 Å². The van der Waals surface area contributed by atoms with Crippen LogP contribution in [-0.4, -0.2) is 20.1 Å². The summed E-state index contributed by atoms with van der Waals surface area (Å²) in [6.07, 6.45) is 1.45. The molecule has 0 saturated heterocycles. The van der Waals surface area contributed by atoms with Gasteiger partial charge in [0, 0.05) is 10.7 Å². The van der Waals surface area contributed by atoms with E-state index in [1.807, 2.05) is 6.07 Å². The predicted octanol–water partition coefficient (Wildman–Crippen LogP) is 3.90. The highest BCUT2D eigenvalue weighted by molar-refractivity contribution is 6.30. The molecular formula is C18H15ClN2O3. The highest BCUT2D eigenvalue weighted by atomic mass is 35.5. The molecule has 24 heavy (non-hydrogen) atoms. The van der Waals surface area contributed by atoms with Crippen molar-refractivity contribution in [3.63, 3.8) is 0 Å². The van der Waals surface area contributed by atoms with Crippen molar-refractivity contribution in [2.24, 2.45) is 0 Å². The molecule has 0 fully saturated rings. The second kappa shape index (κ2) is 8.04. The molecular weight excluding hydrogens is 328 g/mol. The van der Waals surface area contributed by atoms with Crippen molar-refractivity contribution in [2.45, 2.75) is 0 Å². The molecule has 2 aromatic carbocycles. The molecule has 0 bridgehead atoms. The average molecular weight is 343 g/mol. The summed E-state index contributed by atoms with van der Waals surface area (Å²) in [4.78, 5) is 12.2. The van der Waals surface area contributed by atoms with E-state index >= 15 is 0 Å². The van der Waals surface area contributed by atoms with Crippen molar-refractivity contribution in [1.29, 1.82) is 5.26 Å². The third-order valence-electron chi connectivity index (χ3n) is 3.15. The Labute approximate surface area is 145 Å². The Hall–Kier alpha value is -2.97. The number of nitrogens with zero attached hydrogens (tertiary/aromatic N) is 1. The van der Waals surface area contributed by atoms with E-state index in [-0.39, 0.29) is 5.57 Å². The fraction of sp³-hybridized carbons (Fsp3) is 0.111. The number of halogens is 1. The summed E-state index contributed by atoms with van der Waals surface area (Å²) in [7, 11) is 3.07. The number of methoxy groups -OCH3 is 2. The van der Waals surface area contributed by atoms with Crippen LogP contribution in [0.25, 0.3) is 6.08 Å². The molecule has 0 unspecified atom stereocenters. The van der Waals surface area contributed by atoms with E-state index in [4.69, 9.17) is 21.1 Å². The SMILES string of the molecule is COc1ccc(NC(=O)/C(C#N)=C/c2cc(Cl)cc(OC)c2)cc1. The number of nitrogens with one attached hydrogen (secondary N) is 1. The Morgan fingerprint density at radius 3 is 2.38 bits per heavy atom. The van der Waals surface area contributed by atoms with Crippen LogP contribution in [0.15, 0.2) is 48.0 Å². The lowest BCUT2D eigenvalue weighted by Gasteiger charge is -2.06. The topological polar surface area (TPSA) is 71.3 Å². The summed E-state index contributed by atoms with van der Waals surface area (Å²) in [6.45, 7) is 0. The molecule has 0 atom stereocenters. The number of carbonyl (C=O) groups is 1. The predicted molar refractivity (Wildman–Crippen MR) is 93.2 cm³/mol. The maximum Gasteiger partial charge on any atom is 0.266 e. The van der Waals surface area contributed by atoms with E-state index in [0.717, 1.165) is 0 Å². The van der Waals surface area contributed by atoms with Gasteiger partial charge in [0.2, 0.25) is 0 Å². The monoisotopic (exact) mass is 342 g/mol. The van der Waals surface area contributed by atoms with Crippen molar-refractivity contribution in [3.8, 4) is 17.6 Å². The second-order valence-electron chi connectivity index (χ2n) is 4.78. The van der Waals surface area contributed by atoms with Gasteiger partial charge < -0.3 is 14.8 Å². The first-order valence-corrected chi connectivity index (χ1v) is 7.35. The number of benzene rings is 2. The fourth-order valence-corrected chi connectivity index (χ4v) is 2.21. The van der Waals surface area contributed by atoms with Gasteiger partial charge >= 0.3 is 0 Å². The van der Waals surface area contributed by atoms with Gasteiger partial charge in [0.1, 0.15) is 23.1 Å². The number of hydrogen-bond donors (Lipinski definition) is 1. The van der Waals surface area contributed by atoms with Gasteiger partial charge in [-0.05, 0) is 54.1 Å². The molecule has 0 heterocycles. The minimum absolute atomic E-state index is 0.0462. The number of nitriles is 1. The van der Waals surface area contributed by atoms with Crippen LogP contribution in [0.4, 0.5) is 5.69 Å². The van der Waals surface area contributed by atoms with Crippen LogP contribution in [-0.2, 0) is 4.79 Å². The van der Waals surface area contributed by atoms with Crippen molar-refractivity contribution >= 4 is 29.3 Å². The number of ether oxygens (including phenoxy) is 2. The van der Waals surface area contributed by atoms with Crippen LogP contribution >= 0.6 is 11.6 Å². The van der Waals surface area contributed by atoms with Crippen LogP contribution in [0.5, 0.6) is 11.5 Å². The quantitative estimate of drug-likeness (QED) is 0.660. The lowest BCUT2D eigenvalue weighted by molar-refractivity contribution is -0.112. The van der Waals surface area contributed by atoms with Crippen LogP contribution in [0.3, 0.4) is 0 Å². The van der Waals surface area contributed by atoms with Crippen molar-refractivity contribution in [1.82, 2.24) is 0 Å². The number of anilines is 1. The van der Waals surface area contributed by atoms with Gasteiger partial charge in [-0.2, -0.15) is 5.26 Å². The van der Waals surface area contributed by atoms with Crippen LogP contribution in [0.2, 0.25) is 5.02 Å². The fourth-order valence-electron chi connectivity index (χ4n) is 1.97. The molecule has 1 amide bonds. The normalized spacial score (nSPS) is 10.7. The largest absolute Gasteiger partial charge is 0.497 e. The second-order valence-corrected chi connectivity index (χ2v) is 5.21. The average Bonchev–Trinajstić information content (AvgIpc) is 2.59. The van der Waals surface area contributed by atoms with E-state index in [2.05, 4.69) is 5.32 Å². The summed E-state index contributed by atoms with van der Waals surface area (Å²) in [5, 5.41) is 12.4. The van der Waals surface area contributed by atoms with Crippen molar-refractivity contribution < 1.29 is 14.3 Å². The maximum atomic E-state index is 12.2. The number of carbonyl (C=O) groups excluding carboxylic acids is 1. The first-order valence-electron chi connectivity index (χ1n) is 6.97. The van der Waals surface area contributed by atoms with E-state index in [1.165, 1.54) is 13.2 Å². The number of amides is 1. The van der Waals surface area contributed by atoms with Gasteiger partial charge in [-0.25, -0.2) is 0 Å². The Kier molecular flexibility index (Phi) is 5.83. The summed E-state index contributed by atoms with van der Waals surface area (Å²) in [6, 6.07) is 13.7. The van der Waals surface area contributed by atoms with Gasteiger partial charge in [-0.1, -0.05) is 11.6 Å². The molecule has 1 N–H and O–H groups in total. The van der Waals surface area contributed by atoms with Gasteiger partial charge in [0.25, 0.3) is 5.91 Å². The highest BCUT2D eigenvalue weighted by Gasteiger charge is 2.10. The summed E-state index contributed by atoms with van der Waals surface area (Å²) >= 11 is 5.99. The summed E-state index contributed by atoms with van der Waals surface area (Å²) in [5.74, 6) is 0.707. The lowest BCUT2D eigenvalue weighted by Crippen LogP contribution is -2.13. The summed E-state index contributed by atoms with van der Waals surface area (Å²) < 4.78 is 10.2. The molecule has 0 aliphatic carbocycles. The van der Waals surface area contributed by atoms with Crippen molar-refractivity contribution in [3.05, 3.63) is 58.6 Å². The van der Waals surface area contributed by atoms with E-state index in [9.17, 15) is 10.1 Å². The van der Waals surface area contributed by atoms with Gasteiger partial charge in [0.05, 0.1) is 14.2 Å². The van der Waals surface area contributed by atoms with Gasteiger partial charge in [-0.15, -0.1) is 0 Å². The van der Waals surface area contributed by atoms with Crippen molar-refractivity contribution in [2.75, 3.05) is 19.5 Å². The standard InChI is InChI=1S/C18H15ClN2O3/c1-23-16-5-3-15(4-6-16)21-18(22)13(11-20)7-12-8-14(19)10-17(9-12)24-2/h3-10H,1-2H3,(H,21,22)/b13-7+. The third kappa shape index (κ3) is 4.51.